The monoisotopic (exact) mass is 335 g/mol. The summed E-state index contributed by atoms with van der Waals surface area (Å²) in [5.41, 5.74) is -1.55. The Bertz CT molecular complexity index is 424. The SMILES string of the molecule is OCc1nc(CBr)cc(OC(F)(F)F)c1C(F)F. The minimum absolute atomic E-state index is 0.0394. The minimum Gasteiger partial charge on any atom is -0.405 e. The molecule has 0 bridgehead atoms. The molecule has 1 heterocycles. The van der Waals surface area contributed by atoms with Crippen LogP contribution in [0.15, 0.2) is 6.07 Å². The van der Waals surface area contributed by atoms with Crippen molar-refractivity contribution in [3.05, 3.63) is 23.0 Å². The van der Waals surface area contributed by atoms with E-state index in [9.17, 15) is 22.0 Å². The van der Waals surface area contributed by atoms with E-state index >= 15 is 0 Å². The largest absolute Gasteiger partial charge is 0.573 e. The Morgan fingerprint density at radius 1 is 1.39 bits per heavy atom. The number of nitrogens with zero attached hydrogens (tertiary/aromatic N) is 1. The van der Waals surface area contributed by atoms with Gasteiger partial charge in [0.15, 0.2) is 0 Å². The highest BCUT2D eigenvalue weighted by atomic mass is 79.9. The van der Waals surface area contributed by atoms with Gasteiger partial charge in [0.05, 0.1) is 23.6 Å². The Labute approximate surface area is 107 Å². The van der Waals surface area contributed by atoms with Gasteiger partial charge in [0.25, 0.3) is 6.43 Å². The molecule has 1 N–H and O–H groups in total. The lowest BCUT2D eigenvalue weighted by Gasteiger charge is -2.16. The minimum atomic E-state index is -5.10. The van der Waals surface area contributed by atoms with E-state index < -0.39 is 36.4 Å². The van der Waals surface area contributed by atoms with Crippen molar-refractivity contribution in [1.82, 2.24) is 4.98 Å². The molecule has 0 saturated carbocycles. The quantitative estimate of drug-likeness (QED) is 0.678. The third-order valence-electron chi connectivity index (χ3n) is 1.88. The molecule has 102 valence electrons. The molecule has 18 heavy (non-hydrogen) atoms. The summed E-state index contributed by atoms with van der Waals surface area (Å²) in [6, 6.07) is 0.753. The van der Waals surface area contributed by atoms with Crippen LogP contribution >= 0.6 is 15.9 Å². The first-order valence-electron chi connectivity index (χ1n) is 4.52. The molecule has 0 radical (unpaired) electrons. The van der Waals surface area contributed by atoms with E-state index in [0.717, 1.165) is 6.07 Å². The summed E-state index contributed by atoms with van der Waals surface area (Å²) >= 11 is 2.93. The van der Waals surface area contributed by atoms with Gasteiger partial charge in [-0.25, -0.2) is 8.78 Å². The molecule has 9 heteroatoms. The number of pyridine rings is 1. The number of ether oxygens (including phenoxy) is 1. The summed E-state index contributed by atoms with van der Waals surface area (Å²) < 4.78 is 65.2. The predicted octanol–water partition coefficient (Wildman–Crippen LogP) is 3.31. The van der Waals surface area contributed by atoms with Crippen LogP contribution in [0, 0.1) is 0 Å². The average Bonchev–Trinajstić information content (AvgIpc) is 2.25. The molecule has 0 atom stereocenters. The van der Waals surface area contributed by atoms with Crippen molar-refractivity contribution in [2.24, 2.45) is 0 Å². The van der Waals surface area contributed by atoms with Gasteiger partial charge in [-0.2, -0.15) is 0 Å². The Balaban J connectivity index is 3.34. The predicted molar refractivity (Wildman–Crippen MR) is 54.4 cm³/mol. The number of aromatic nitrogens is 1. The number of halogens is 6. The highest BCUT2D eigenvalue weighted by Gasteiger charge is 2.34. The average molecular weight is 336 g/mol. The molecule has 1 rings (SSSR count). The Hall–Kier alpha value is -0.960. The van der Waals surface area contributed by atoms with Gasteiger partial charge in [0, 0.05) is 11.4 Å². The molecule has 0 aliphatic carbocycles. The summed E-state index contributed by atoms with van der Waals surface area (Å²) in [7, 11) is 0. The molecule has 3 nitrogen and oxygen atoms in total. The third-order valence-corrected chi connectivity index (χ3v) is 2.46. The van der Waals surface area contributed by atoms with Crippen LogP contribution in [0.5, 0.6) is 5.75 Å². The van der Waals surface area contributed by atoms with Gasteiger partial charge in [-0.05, 0) is 0 Å². The van der Waals surface area contributed by atoms with Gasteiger partial charge < -0.3 is 9.84 Å². The zero-order valence-corrected chi connectivity index (χ0v) is 10.2. The number of aliphatic hydroxyl groups is 1. The van der Waals surface area contributed by atoms with Gasteiger partial charge in [-0.3, -0.25) is 4.98 Å². The van der Waals surface area contributed by atoms with Gasteiger partial charge >= 0.3 is 6.36 Å². The van der Waals surface area contributed by atoms with Crippen LogP contribution in [0.1, 0.15) is 23.4 Å². The molecular formula is C9H7BrF5NO2. The second-order valence-corrected chi connectivity index (χ2v) is 3.67. The second-order valence-electron chi connectivity index (χ2n) is 3.11. The van der Waals surface area contributed by atoms with Crippen molar-refractivity contribution in [3.8, 4) is 5.75 Å². The van der Waals surface area contributed by atoms with Crippen LogP contribution in [-0.4, -0.2) is 16.5 Å². The summed E-state index contributed by atoms with van der Waals surface area (Å²) in [6.07, 6.45) is -8.33. The second kappa shape index (κ2) is 5.79. The fourth-order valence-corrected chi connectivity index (χ4v) is 1.56. The van der Waals surface area contributed by atoms with Crippen molar-refractivity contribution >= 4 is 15.9 Å². The Morgan fingerprint density at radius 2 is 2.00 bits per heavy atom. The van der Waals surface area contributed by atoms with Crippen LogP contribution < -0.4 is 4.74 Å². The van der Waals surface area contributed by atoms with Gasteiger partial charge in [0.2, 0.25) is 0 Å². The number of alkyl halides is 6. The van der Waals surface area contributed by atoms with E-state index in [1.165, 1.54) is 0 Å². The van der Waals surface area contributed by atoms with E-state index in [0.29, 0.717) is 0 Å². The first-order chi connectivity index (χ1) is 8.28. The zero-order valence-electron chi connectivity index (χ0n) is 8.64. The molecule has 1 aromatic heterocycles. The molecule has 0 unspecified atom stereocenters. The summed E-state index contributed by atoms with van der Waals surface area (Å²) in [6.45, 7) is -0.908. The molecule has 0 spiro atoms. The highest BCUT2D eigenvalue weighted by Crippen LogP contribution is 2.35. The van der Waals surface area contributed by atoms with E-state index in [2.05, 4.69) is 25.7 Å². The van der Waals surface area contributed by atoms with Gasteiger partial charge in [-0.15, -0.1) is 13.2 Å². The van der Waals surface area contributed by atoms with E-state index in [4.69, 9.17) is 5.11 Å². The zero-order chi connectivity index (χ0) is 13.9. The van der Waals surface area contributed by atoms with Crippen LogP contribution in [0.2, 0.25) is 0 Å². The van der Waals surface area contributed by atoms with Crippen LogP contribution in [0.4, 0.5) is 22.0 Å². The molecule has 0 aliphatic heterocycles. The summed E-state index contributed by atoms with van der Waals surface area (Å²) in [5.74, 6) is -1.05. The van der Waals surface area contributed by atoms with Crippen molar-refractivity contribution in [3.63, 3.8) is 0 Å². The van der Waals surface area contributed by atoms with Crippen molar-refractivity contribution < 1.29 is 31.8 Å². The van der Waals surface area contributed by atoms with Crippen molar-refractivity contribution in [2.45, 2.75) is 24.7 Å². The standard InChI is InChI=1S/C9H7BrF5NO2/c10-2-4-1-6(18-9(13,14)15)7(8(11)12)5(3-17)16-4/h1,8,17H,2-3H2. The maximum Gasteiger partial charge on any atom is 0.573 e. The molecule has 0 aliphatic rings. The molecular weight excluding hydrogens is 329 g/mol. The van der Waals surface area contributed by atoms with Crippen LogP contribution in [0.25, 0.3) is 0 Å². The highest BCUT2D eigenvalue weighted by molar-refractivity contribution is 9.08. The number of rotatable bonds is 4. The lowest BCUT2D eigenvalue weighted by Crippen LogP contribution is -2.19. The van der Waals surface area contributed by atoms with Crippen molar-refractivity contribution in [2.75, 3.05) is 0 Å². The third kappa shape index (κ3) is 3.77. The number of aliphatic hydroxyl groups excluding tert-OH is 1. The van der Waals surface area contributed by atoms with E-state index in [1.807, 2.05) is 0 Å². The normalized spacial score (nSPS) is 12.0. The molecule has 0 fully saturated rings. The molecule has 1 aromatic rings. The molecule has 0 aromatic carbocycles. The molecule has 0 amide bonds. The fourth-order valence-electron chi connectivity index (χ4n) is 1.27. The van der Waals surface area contributed by atoms with Gasteiger partial charge in [0.1, 0.15) is 5.75 Å². The fraction of sp³-hybridized carbons (Fsp3) is 0.444. The van der Waals surface area contributed by atoms with Gasteiger partial charge in [-0.1, -0.05) is 15.9 Å². The summed E-state index contributed by atoms with van der Waals surface area (Å²) in [5, 5.41) is 8.90. The summed E-state index contributed by atoms with van der Waals surface area (Å²) in [4.78, 5) is 3.60. The Kier molecular flexibility index (Phi) is 4.85. The van der Waals surface area contributed by atoms with Crippen molar-refractivity contribution in [1.29, 1.82) is 0 Å². The Morgan fingerprint density at radius 3 is 2.39 bits per heavy atom. The first kappa shape index (κ1) is 15.1. The van der Waals surface area contributed by atoms with Crippen LogP contribution in [-0.2, 0) is 11.9 Å². The topological polar surface area (TPSA) is 42.4 Å². The number of hydrogen-bond acceptors (Lipinski definition) is 3. The van der Waals surface area contributed by atoms with E-state index in [1.54, 1.807) is 0 Å². The lowest BCUT2D eigenvalue weighted by atomic mass is 10.1. The first-order valence-corrected chi connectivity index (χ1v) is 5.64. The smallest absolute Gasteiger partial charge is 0.405 e. The lowest BCUT2D eigenvalue weighted by molar-refractivity contribution is -0.275. The van der Waals surface area contributed by atoms with E-state index in [-0.39, 0.29) is 11.0 Å². The van der Waals surface area contributed by atoms with Crippen LogP contribution in [0.3, 0.4) is 0 Å². The molecule has 0 saturated heterocycles. The maximum atomic E-state index is 12.7. The maximum absolute atomic E-state index is 12.7. The number of hydrogen-bond donors (Lipinski definition) is 1.